The van der Waals surface area contributed by atoms with Crippen LogP contribution in [0.5, 0.6) is 0 Å². The van der Waals surface area contributed by atoms with Crippen LogP contribution >= 0.6 is 0 Å². The molecule has 0 rings (SSSR count). The van der Waals surface area contributed by atoms with Crippen LogP contribution in [0.4, 0.5) is 0 Å². The number of likely N-dealkylation sites (N-methyl/N-ethyl adjacent to an activating group) is 1. The molecule has 0 radical (unpaired) electrons. The highest BCUT2D eigenvalue weighted by atomic mass is 16.6. The van der Waals surface area contributed by atoms with Crippen LogP contribution in [0.1, 0.15) is 155 Å². The Morgan fingerprint density at radius 1 is 0.544 bits per heavy atom. The molecule has 57 heavy (non-hydrogen) atoms. The van der Waals surface area contributed by atoms with Crippen LogP contribution < -0.4 is 5.11 Å². The van der Waals surface area contributed by atoms with E-state index in [1.54, 1.807) is 21.1 Å². The summed E-state index contributed by atoms with van der Waals surface area (Å²) < 4.78 is 17.1. The first kappa shape index (κ1) is 53.5. The molecule has 0 aliphatic rings. The number of quaternary nitrogens is 1. The van der Waals surface area contributed by atoms with Gasteiger partial charge in [0.15, 0.2) is 6.10 Å². The fourth-order valence-electron chi connectivity index (χ4n) is 5.85. The number of ether oxygens (including phenoxy) is 3. The van der Waals surface area contributed by atoms with E-state index in [0.717, 1.165) is 70.6 Å². The summed E-state index contributed by atoms with van der Waals surface area (Å²) in [6.45, 7) is 4.43. The predicted octanol–water partition coefficient (Wildman–Crippen LogP) is 10.8. The molecule has 0 aliphatic heterocycles. The molecule has 0 aromatic heterocycles. The Balaban J connectivity index is 4.51. The number of allylic oxidation sites excluding steroid dienone is 14. The summed E-state index contributed by atoms with van der Waals surface area (Å²) >= 11 is 0. The van der Waals surface area contributed by atoms with E-state index < -0.39 is 24.1 Å². The molecule has 0 aromatic rings. The average Bonchev–Trinajstić information content (AvgIpc) is 3.17. The van der Waals surface area contributed by atoms with Crippen LogP contribution in [0.2, 0.25) is 0 Å². The highest BCUT2D eigenvalue weighted by Gasteiger charge is 2.25. The van der Waals surface area contributed by atoms with Gasteiger partial charge in [-0.3, -0.25) is 9.59 Å². The van der Waals surface area contributed by atoms with Crippen molar-refractivity contribution < 1.29 is 38.2 Å². The first-order chi connectivity index (χ1) is 27.6. The van der Waals surface area contributed by atoms with Gasteiger partial charge in [0.25, 0.3) is 0 Å². The number of rotatable bonds is 38. The fraction of sp³-hybridized carbons (Fsp3) is 0.653. The maximum atomic E-state index is 12.7. The second-order valence-corrected chi connectivity index (χ2v) is 15.5. The summed E-state index contributed by atoms with van der Waals surface area (Å²) in [7, 11) is 5.37. The van der Waals surface area contributed by atoms with Gasteiger partial charge in [-0.15, -0.1) is 0 Å². The van der Waals surface area contributed by atoms with E-state index >= 15 is 0 Å². The van der Waals surface area contributed by atoms with E-state index in [2.05, 4.69) is 86.8 Å². The van der Waals surface area contributed by atoms with Crippen molar-refractivity contribution >= 4 is 17.9 Å². The van der Waals surface area contributed by atoms with Crippen LogP contribution in [0.15, 0.2) is 85.1 Å². The molecular weight excluding hydrogens is 715 g/mol. The molecule has 8 heteroatoms. The molecule has 0 amide bonds. The lowest BCUT2D eigenvalue weighted by atomic mass is 10.1. The van der Waals surface area contributed by atoms with E-state index in [4.69, 9.17) is 14.2 Å². The van der Waals surface area contributed by atoms with Crippen molar-refractivity contribution in [1.82, 2.24) is 0 Å². The predicted molar refractivity (Wildman–Crippen MR) is 235 cm³/mol. The summed E-state index contributed by atoms with van der Waals surface area (Å²) in [5.74, 6) is -1.87. The number of aliphatic carboxylic acids is 1. The first-order valence-corrected chi connectivity index (χ1v) is 22.1. The summed E-state index contributed by atoms with van der Waals surface area (Å²) in [5, 5.41) is 11.6. The molecule has 324 valence electrons. The van der Waals surface area contributed by atoms with Crippen LogP contribution in [0, 0.1) is 0 Å². The van der Waals surface area contributed by atoms with E-state index in [1.165, 1.54) is 44.9 Å². The molecule has 0 spiro atoms. The topological polar surface area (TPSA) is 102 Å². The monoisotopic (exact) mass is 796 g/mol. The number of carboxylic acid groups (broad SMARTS) is 1. The van der Waals surface area contributed by atoms with Gasteiger partial charge >= 0.3 is 11.9 Å². The first-order valence-electron chi connectivity index (χ1n) is 22.1. The Labute approximate surface area is 348 Å². The Hall–Kier alpha value is -3.49. The van der Waals surface area contributed by atoms with E-state index in [-0.39, 0.29) is 43.1 Å². The SMILES string of the molecule is CC/C=C\C/C=C\C/C=C\C/C=C\C/C=C\C/C=C\CCC(=O)OC(COCCC(C(=O)[O-])[N+](C)(C)C)COC(=O)CCCCCCC/C=C\CCCCCCC. The second kappa shape index (κ2) is 39.3. The van der Waals surface area contributed by atoms with Gasteiger partial charge in [0.2, 0.25) is 0 Å². The van der Waals surface area contributed by atoms with Crippen LogP contribution in [-0.2, 0) is 28.6 Å². The lowest BCUT2D eigenvalue weighted by Crippen LogP contribution is -2.55. The van der Waals surface area contributed by atoms with Gasteiger partial charge in [-0.2, -0.15) is 0 Å². The summed E-state index contributed by atoms with van der Waals surface area (Å²) in [5.41, 5.74) is 0. The third-order valence-corrected chi connectivity index (χ3v) is 9.28. The van der Waals surface area contributed by atoms with Crippen LogP contribution in [0.3, 0.4) is 0 Å². The maximum absolute atomic E-state index is 12.7. The Morgan fingerprint density at radius 2 is 1.02 bits per heavy atom. The van der Waals surface area contributed by atoms with Gasteiger partial charge in [-0.05, 0) is 77.0 Å². The lowest BCUT2D eigenvalue weighted by Gasteiger charge is -2.34. The molecular formula is C49H81NO7. The minimum atomic E-state index is -1.14. The molecule has 0 saturated carbocycles. The van der Waals surface area contributed by atoms with Gasteiger partial charge in [0.05, 0.1) is 40.3 Å². The quantitative estimate of drug-likeness (QED) is 0.0265. The van der Waals surface area contributed by atoms with Crippen molar-refractivity contribution in [3.05, 3.63) is 85.1 Å². The Bertz CT molecular complexity index is 1200. The van der Waals surface area contributed by atoms with E-state index in [0.29, 0.717) is 12.8 Å². The minimum absolute atomic E-state index is 0.00312. The van der Waals surface area contributed by atoms with E-state index in [1.807, 2.05) is 12.2 Å². The van der Waals surface area contributed by atoms with Crippen LogP contribution in [0.25, 0.3) is 0 Å². The number of hydrogen-bond donors (Lipinski definition) is 0. The molecule has 2 atom stereocenters. The molecule has 2 unspecified atom stereocenters. The van der Waals surface area contributed by atoms with Crippen molar-refractivity contribution in [2.24, 2.45) is 0 Å². The number of hydrogen-bond acceptors (Lipinski definition) is 7. The molecule has 0 fully saturated rings. The lowest BCUT2D eigenvalue weighted by molar-refractivity contribution is -0.889. The number of carboxylic acids is 1. The van der Waals surface area contributed by atoms with Crippen molar-refractivity contribution in [2.75, 3.05) is 41.0 Å². The summed E-state index contributed by atoms with van der Waals surface area (Å²) in [6.07, 6.45) is 50.5. The molecule has 0 heterocycles. The van der Waals surface area contributed by atoms with Gasteiger partial charge < -0.3 is 28.6 Å². The van der Waals surface area contributed by atoms with Crippen molar-refractivity contribution in [2.45, 2.75) is 167 Å². The van der Waals surface area contributed by atoms with Gasteiger partial charge in [-0.25, -0.2) is 0 Å². The molecule has 0 aliphatic carbocycles. The highest BCUT2D eigenvalue weighted by molar-refractivity contribution is 5.70. The largest absolute Gasteiger partial charge is 0.544 e. The standard InChI is InChI=1S/C49H81NO7/c1-6-8-10-12-14-16-18-20-22-23-24-25-26-28-30-32-34-36-38-40-48(52)57-45(43-55-42-41-46(49(53)54)50(3,4)5)44-56-47(51)39-37-35-33-31-29-27-21-19-17-15-13-11-9-7-2/h8,10,14,16,19-22,24-25,28,30,34,36,45-46H,6-7,9,11-13,15,17-18,23,26-27,29,31-33,35,37-44H2,1-5H3/b10-8-,16-14-,21-19-,22-20-,25-24-,30-28-,36-34-. The smallest absolute Gasteiger partial charge is 0.306 e. The zero-order valence-electron chi connectivity index (χ0n) is 36.7. The molecule has 8 nitrogen and oxygen atoms in total. The Kier molecular flexibility index (Phi) is 36.9. The van der Waals surface area contributed by atoms with Crippen LogP contribution in [-0.4, -0.2) is 75.5 Å². The normalized spacial score (nSPS) is 13.8. The zero-order chi connectivity index (χ0) is 42.1. The summed E-state index contributed by atoms with van der Waals surface area (Å²) in [4.78, 5) is 36.8. The maximum Gasteiger partial charge on any atom is 0.306 e. The Morgan fingerprint density at radius 3 is 1.53 bits per heavy atom. The van der Waals surface area contributed by atoms with Gasteiger partial charge in [0.1, 0.15) is 12.6 Å². The number of carbonyl (C=O) groups is 3. The fourth-order valence-corrected chi connectivity index (χ4v) is 5.85. The average molecular weight is 796 g/mol. The van der Waals surface area contributed by atoms with E-state index in [9.17, 15) is 19.5 Å². The number of esters is 2. The second-order valence-electron chi connectivity index (χ2n) is 15.5. The summed E-state index contributed by atoms with van der Waals surface area (Å²) in [6, 6.07) is -0.744. The van der Waals surface area contributed by atoms with Crippen molar-refractivity contribution in [3.8, 4) is 0 Å². The van der Waals surface area contributed by atoms with Crippen molar-refractivity contribution in [1.29, 1.82) is 0 Å². The minimum Gasteiger partial charge on any atom is -0.544 e. The number of unbranched alkanes of at least 4 members (excludes halogenated alkanes) is 10. The molecule has 0 aromatic carbocycles. The van der Waals surface area contributed by atoms with Gasteiger partial charge in [0, 0.05) is 19.3 Å². The van der Waals surface area contributed by atoms with Gasteiger partial charge in [-0.1, -0.05) is 144 Å². The number of carbonyl (C=O) groups excluding carboxylic acids is 3. The molecule has 0 bridgehead atoms. The third-order valence-electron chi connectivity index (χ3n) is 9.28. The molecule has 0 saturated heterocycles. The van der Waals surface area contributed by atoms with Crippen molar-refractivity contribution in [3.63, 3.8) is 0 Å². The molecule has 0 N–H and O–H groups in total. The zero-order valence-corrected chi connectivity index (χ0v) is 36.7. The highest BCUT2D eigenvalue weighted by Crippen LogP contribution is 2.12. The number of nitrogens with zero attached hydrogens (tertiary/aromatic N) is 1. The third kappa shape index (κ3) is 37.8.